The van der Waals surface area contributed by atoms with Crippen LogP contribution in [0.3, 0.4) is 0 Å². The van der Waals surface area contributed by atoms with E-state index >= 15 is 0 Å². The van der Waals surface area contributed by atoms with Crippen LogP contribution in [0.15, 0.2) is 32.5 Å². The minimum absolute atomic E-state index is 0.159. The van der Waals surface area contributed by atoms with Gasteiger partial charge < -0.3 is 5.73 Å². The molecule has 0 bridgehead atoms. The van der Waals surface area contributed by atoms with Gasteiger partial charge in [0.05, 0.1) is 14.9 Å². The van der Waals surface area contributed by atoms with Crippen LogP contribution in [0, 0.1) is 3.57 Å². The van der Waals surface area contributed by atoms with Gasteiger partial charge in [-0.25, -0.2) is 0 Å². The molecular weight excluding hydrogens is 500 g/mol. The second-order valence-corrected chi connectivity index (χ2v) is 8.32. The van der Waals surface area contributed by atoms with E-state index in [-0.39, 0.29) is 6.04 Å². The quantitative estimate of drug-likeness (QED) is 0.528. The normalized spacial score (nSPS) is 12.8. The molecule has 17 heavy (non-hydrogen) atoms. The largest absolute Gasteiger partial charge is 0.320 e. The van der Waals surface area contributed by atoms with Crippen molar-refractivity contribution >= 4 is 77.4 Å². The van der Waals surface area contributed by atoms with Gasteiger partial charge in [0.2, 0.25) is 0 Å². The molecule has 1 aromatic carbocycles. The lowest BCUT2D eigenvalue weighted by atomic mass is 10.1. The third kappa shape index (κ3) is 3.25. The van der Waals surface area contributed by atoms with E-state index in [1.54, 1.807) is 11.3 Å². The molecule has 90 valence electrons. The fourth-order valence-corrected chi connectivity index (χ4v) is 4.20. The minimum atomic E-state index is -0.159. The van der Waals surface area contributed by atoms with Crippen LogP contribution in [-0.2, 0) is 0 Å². The van der Waals surface area contributed by atoms with Gasteiger partial charge in [0.25, 0.3) is 0 Å². The van der Waals surface area contributed by atoms with Gasteiger partial charge in [0.1, 0.15) is 0 Å². The average molecular weight is 507 g/mol. The van der Waals surface area contributed by atoms with E-state index in [1.165, 1.54) is 0 Å². The second kappa shape index (κ2) is 5.88. The van der Waals surface area contributed by atoms with Crippen molar-refractivity contribution in [1.29, 1.82) is 0 Å². The van der Waals surface area contributed by atoms with Crippen molar-refractivity contribution in [3.05, 3.63) is 51.6 Å². The number of hydrogen-bond acceptors (Lipinski definition) is 2. The number of nitrogens with two attached hydrogens (primary N) is 1. The molecule has 0 fully saturated rings. The van der Waals surface area contributed by atoms with Gasteiger partial charge in [-0.1, -0.05) is 27.5 Å². The molecule has 0 spiro atoms. The van der Waals surface area contributed by atoms with Crippen LogP contribution in [-0.4, -0.2) is 0 Å². The van der Waals surface area contributed by atoms with E-state index in [0.717, 1.165) is 22.3 Å². The highest BCUT2D eigenvalue weighted by Gasteiger charge is 2.16. The van der Waals surface area contributed by atoms with Gasteiger partial charge in [-0.15, -0.1) is 11.3 Å². The first-order valence-electron chi connectivity index (χ1n) is 4.64. The highest BCUT2D eigenvalue weighted by Crippen LogP contribution is 2.38. The molecule has 6 heteroatoms. The van der Waals surface area contributed by atoms with Crippen molar-refractivity contribution in [3.63, 3.8) is 0 Å². The fraction of sp³-hybridized carbons (Fsp3) is 0.0909. The number of rotatable bonds is 2. The van der Waals surface area contributed by atoms with Crippen molar-refractivity contribution in [2.45, 2.75) is 6.04 Å². The topological polar surface area (TPSA) is 26.0 Å². The van der Waals surface area contributed by atoms with Gasteiger partial charge in [-0.05, 0) is 68.3 Å². The highest BCUT2D eigenvalue weighted by molar-refractivity contribution is 14.1. The Morgan fingerprint density at radius 1 is 1.29 bits per heavy atom. The SMILES string of the molecule is NC(c1cc(Cl)c(Br)s1)c1cc(I)ccc1Br. The van der Waals surface area contributed by atoms with Crippen molar-refractivity contribution in [2.24, 2.45) is 5.73 Å². The summed E-state index contributed by atoms with van der Waals surface area (Å²) in [6.45, 7) is 0. The van der Waals surface area contributed by atoms with Gasteiger partial charge in [-0.3, -0.25) is 0 Å². The molecule has 2 rings (SSSR count). The van der Waals surface area contributed by atoms with Crippen LogP contribution in [0.4, 0.5) is 0 Å². The number of hydrogen-bond donors (Lipinski definition) is 1. The molecule has 0 aliphatic heterocycles. The molecule has 1 aromatic heterocycles. The maximum Gasteiger partial charge on any atom is 0.0888 e. The first kappa shape index (κ1) is 14.3. The fourth-order valence-electron chi connectivity index (χ4n) is 1.42. The van der Waals surface area contributed by atoms with Gasteiger partial charge in [-0.2, -0.15) is 0 Å². The van der Waals surface area contributed by atoms with Crippen LogP contribution >= 0.6 is 77.4 Å². The maximum absolute atomic E-state index is 6.27. The molecule has 2 N–H and O–H groups in total. The summed E-state index contributed by atoms with van der Waals surface area (Å²) in [6.07, 6.45) is 0. The predicted molar refractivity (Wildman–Crippen MR) is 89.9 cm³/mol. The molecule has 0 aliphatic rings. The molecule has 0 amide bonds. The lowest BCUT2D eigenvalue weighted by Crippen LogP contribution is -2.11. The monoisotopic (exact) mass is 505 g/mol. The second-order valence-electron chi connectivity index (χ2n) is 3.41. The van der Waals surface area contributed by atoms with E-state index in [9.17, 15) is 0 Å². The van der Waals surface area contributed by atoms with Gasteiger partial charge >= 0.3 is 0 Å². The zero-order valence-corrected chi connectivity index (χ0v) is 15.3. The third-order valence-corrected chi connectivity index (χ3v) is 6.21. The lowest BCUT2D eigenvalue weighted by molar-refractivity contribution is 0.886. The minimum Gasteiger partial charge on any atom is -0.320 e. The number of benzene rings is 1. The van der Waals surface area contributed by atoms with E-state index in [2.05, 4.69) is 60.5 Å². The third-order valence-electron chi connectivity index (χ3n) is 2.26. The molecule has 1 nitrogen and oxygen atoms in total. The summed E-state index contributed by atoms with van der Waals surface area (Å²) < 4.78 is 3.11. The molecule has 0 saturated carbocycles. The Labute approximate surface area is 139 Å². The van der Waals surface area contributed by atoms with Gasteiger partial charge in [0.15, 0.2) is 0 Å². The zero-order chi connectivity index (χ0) is 12.6. The van der Waals surface area contributed by atoms with E-state index in [0.29, 0.717) is 5.02 Å². The van der Waals surface area contributed by atoms with Crippen molar-refractivity contribution in [1.82, 2.24) is 0 Å². The average Bonchev–Trinajstić information content (AvgIpc) is 2.62. The van der Waals surface area contributed by atoms with Crippen LogP contribution in [0.25, 0.3) is 0 Å². The summed E-state index contributed by atoms with van der Waals surface area (Å²) in [6, 6.07) is 7.89. The standard InChI is InChI=1S/C11H7Br2ClINS/c12-7-2-1-5(15)3-6(7)10(16)9-4-8(14)11(13)17-9/h1-4,10H,16H2. The number of halogens is 4. The smallest absolute Gasteiger partial charge is 0.0888 e. The van der Waals surface area contributed by atoms with Crippen molar-refractivity contribution in [3.8, 4) is 0 Å². The number of thiophene rings is 1. The molecule has 1 heterocycles. The Morgan fingerprint density at radius 2 is 2.00 bits per heavy atom. The van der Waals surface area contributed by atoms with Crippen molar-refractivity contribution < 1.29 is 0 Å². The van der Waals surface area contributed by atoms with Crippen LogP contribution in [0.5, 0.6) is 0 Å². The molecule has 2 aromatic rings. The Bertz CT molecular complexity index is 539. The predicted octanol–water partition coefficient (Wildman–Crippen LogP) is 5.58. The molecule has 0 saturated heterocycles. The van der Waals surface area contributed by atoms with E-state index < -0.39 is 0 Å². The lowest BCUT2D eigenvalue weighted by Gasteiger charge is -2.12. The summed E-state index contributed by atoms with van der Waals surface area (Å²) in [5.74, 6) is 0. The van der Waals surface area contributed by atoms with Crippen LogP contribution in [0.1, 0.15) is 16.5 Å². The van der Waals surface area contributed by atoms with Crippen molar-refractivity contribution in [2.75, 3.05) is 0 Å². The van der Waals surface area contributed by atoms with Gasteiger partial charge in [0, 0.05) is 12.9 Å². The first-order chi connectivity index (χ1) is 7.99. The summed E-state index contributed by atoms with van der Waals surface area (Å²) >= 11 is 16.8. The Hall–Kier alpha value is 0.860. The molecular formula is C11H7Br2ClINS. The van der Waals surface area contributed by atoms with Crippen LogP contribution in [0.2, 0.25) is 5.02 Å². The maximum atomic E-state index is 6.27. The summed E-state index contributed by atoms with van der Waals surface area (Å²) in [5, 5.41) is 0.710. The molecule has 1 atom stereocenters. The Morgan fingerprint density at radius 3 is 2.59 bits per heavy atom. The van der Waals surface area contributed by atoms with Crippen LogP contribution < -0.4 is 5.73 Å². The summed E-state index contributed by atoms with van der Waals surface area (Å²) in [5.41, 5.74) is 7.34. The van der Waals surface area contributed by atoms with E-state index in [4.69, 9.17) is 17.3 Å². The Kier molecular flexibility index (Phi) is 4.94. The highest BCUT2D eigenvalue weighted by atomic mass is 127. The molecule has 0 aliphatic carbocycles. The summed E-state index contributed by atoms with van der Waals surface area (Å²) in [4.78, 5) is 1.05. The summed E-state index contributed by atoms with van der Waals surface area (Å²) in [7, 11) is 0. The zero-order valence-electron chi connectivity index (χ0n) is 8.38. The van der Waals surface area contributed by atoms with E-state index in [1.807, 2.05) is 18.2 Å². The first-order valence-corrected chi connectivity index (χ1v) is 8.50. The molecule has 1 unspecified atom stereocenters. The molecule has 0 radical (unpaired) electrons. The Balaban J connectivity index is 2.42.